The van der Waals surface area contributed by atoms with Crippen molar-refractivity contribution in [2.45, 2.75) is 0 Å². The van der Waals surface area contributed by atoms with E-state index in [0.717, 1.165) is 0 Å². The van der Waals surface area contributed by atoms with E-state index in [9.17, 15) is 0 Å². The fraction of sp³-hybridized carbons (Fsp3) is 0. The summed E-state index contributed by atoms with van der Waals surface area (Å²) in [6, 6.07) is 32.0. The van der Waals surface area contributed by atoms with Gasteiger partial charge in [0.1, 0.15) is 0 Å². The van der Waals surface area contributed by atoms with Crippen molar-refractivity contribution < 1.29 is 16.5 Å². The second-order valence-electron chi connectivity index (χ2n) is 4.67. The molecule has 110 valence electrons. The fourth-order valence-electron chi connectivity index (χ4n) is 2.51. The van der Waals surface area contributed by atoms with Gasteiger partial charge in [-0.25, -0.2) is 0 Å². The van der Waals surface area contributed by atoms with Crippen LogP contribution >= 0.6 is 0 Å². The summed E-state index contributed by atoms with van der Waals surface area (Å²) >= 11 is 0. The molecule has 0 unspecified atom stereocenters. The monoisotopic (exact) mass is 326 g/mol. The predicted octanol–water partition coefficient (Wildman–Crippen LogP) is 2.30. The molecule has 3 aromatic carbocycles. The van der Waals surface area contributed by atoms with Gasteiger partial charge in [-0.2, -0.15) is 0 Å². The van der Waals surface area contributed by atoms with E-state index in [2.05, 4.69) is 91.0 Å². The van der Waals surface area contributed by atoms with Crippen molar-refractivity contribution in [2.24, 2.45) is 0 Å². The zero-order chi connectivity index (χ0) is 14.9. The summed E-state index contributed by atoms with van der Waals surface area (Å²) in [7, 11) is 0. The van der Waals surface area contributed by atoms with Gasteiger partial charge in [-0.15, -0.1) is 0 Å². The zero-order valence-corrected chi connectivity index (χ0v) is 13.0. The second-order valence-corrected chi connectivity index (χ2v) is 4.67. The molecule has 3 heteroatoms. The Bertz CT molecular complexity index is 575. The maximum Gasteiger partial charge on any atom is 0.241 e. The molecule has 0 atom stereocenters. The summed E-state index contributed by atoms with van der Waals surface area (Å²) in [5.74, 6) is 0. The summed E-state index contributed by atoms with van der Waals surface area (Å²) in [4.78, 5) is 0. The molecule has 0 spiro atoms. The molecule has 0 heterocycles. The Labute approximate surface area is 142 Å². The standard InChI is InChI=1S/C18H15B.CN.Ni/c1-4-10-16(11-5-1)19(17-12-6-2-7-13-17)18-14-8-3-9-15-18;1-2;/h1-15H;;/q;-1;. The Morgan fingerprint density at radius 1 is 0.500 bits per heavy atom. The molecule has 0 aliphatic rings. The van der Waals surface area contributed by atoms with Crippen LogP contribution < -0.4 is 16.4 Å². The van der Waals surface area contributed by atoms with E-state index in [1.54, 1.807) is 0 Å². The molecule has 3 rings (SSSR count). The summed E-state index contributed by atoms with van der Waals surface area (Å²) in [6.07, 6.45) is 0. The molecule has 1 nitrogen and oxygen atoms in total. The molecule has 3 aromatic rings. The number of hydrogen-bond acceptors (Lipinski definition) is 1. The molecule has 0 aliphatic heterocycles. The van der Waals surface area contributed by atoms with Crippen LogP contribution in [0.25, 0.3) is 0 Å². The zero-order valence-electron chi connectivity index (χ0n) is 12.0. The number of hydrogen-bond donors (Lipinski definition) is 0. The Morgan fingerprint density at radius 3 is 0.955 bits per heavy atom. The van der Waals surface area contributed by atoms with Gasteiger partial charge in [0.2, 0.25) is 6.71 Å². The van der Waals surface area contributed by atoms with Gasteiger partial charge in [-0.3, -0.25) is 0 Å². The molecule has 0 amide bonds. The van der Waals surface area contributed by atoms with Crippen LogP contribution in [-0.4, -0.2) is 6.71 Å². The number of nitrogens with zero attached hydrogens (tertiary/aromatic N) is 1. The van der Waals surface area contributed by atoms with Crippen LogP contribution in [0.2, 0.25) is 0 Å². The third-order valence-corrected chi connectivity index (χ3v) is 3.40. The van der Waals surface area contributed by atoms with Crippen LogP contribution in [0.15, 0.2) is 91.0 Å². The van der Waals surface area contributed by atoms with E-state index in [-0.39, 0.29) is 16.5 Å². The smallest absolute Gasteiger partial charge is 0.241 e. The molecule has 0 fully saturated rings. The second kappa shape index (κ2) is 9.61. The Hall–Kier alpha value is -2.29. The van der Waals surface area contributed by atoms with Gasteiger partial charge in [0.25, 0.3) is 0 Å². The molecule has 0 radical (unpaired) electrons. The first-order valence-electron chi connectivity index (χ1n) is 6.82. The first-order chi connectivity index (χ1) is 10.4. The topological polar surface area (TPSA) is 23.8 Å². The van der Waals surface area contributed by atoms with Gasteiger partial charge in [-0.05, 0) is 0 Å². The maximum atomic E-state index is 6.25. The molecule has 0 saturated carbocycles. The molecule has 0 N–H and O–H groups in total. The van der Waals surface area contributed by atoms with E-state index in [1.165, 1.54) is 16.4 Å². The van der Waals surface area contributed by atoms with E-state index in [0.29, 0.717) is 6.71 Å². The number of rotatable bonds is 3. The summed E-state index contributed by atoms with van der Waals surface area (Å²) in [5, 5.41) is 6.25. The van der Waals surface area contributed by atoms with E-state index in [4.69, 9.17) is 11.8 Å². The van der Waals surface area contributed by atoms with Gasteiger partial charge in [0.15, 0.2) is 0 Å². The minimum Gasteiger partial charge on any atom is -0.512 e. The van der Waals surface area contributed by atoms with Crippen LogP contribution in [0.3, 0.4) is 0 Å². The van der Waals surface area contributed by atoms with Gasteiger partial charge in [0.05, 0.1) is 0 Å². The Balaban J connectivity index is 0.000000775. The van der Waals surface area contributed by atoms with Gasteiger partial charge in [0, 0.05) is 16.5 Å². The van der Waals surface area contributed by atoms with E-state index in [1.807, 2.05) is 0 Å². The first kappa shape index (κ1) is 17.8. The molecule has 0 aliphatic carbocycles. The van der Waals surface area contributed by atoms with Crippen molar-refractivity contribution in [3.8, 4) is 0 Å². The van der Waals surface area contributed by atoms with Crippen molar-refractivity contribution in [3.05, 3.63) is 97.6 Å². The van der Waals surface area contributed by atoms with Crippen LogP contribution in [0.1, 0.15) is 0 Å². The van der Waals surface area contributed by atoms with Gasteiger partial charge >= 0.3 is 0 Å². The van der Waals surface area contributed by atoms with Crippen LogP contribution in [0, 0.1) is 11.8 Å². The van der Waals surface area contributed by atoms with Crippen molar-refractivity contribution in [1.82, 2.24) is 0 Å². The molecule has 0 saturated heterocycles. The Morgan fingerprint density at radius 2 is 0.727 bits per heavy atom. The molecular formula is C19H15BNNi-. The normalized spacial score (nSPS) is 8.82. The molecule has 0 aromatic heterocycles. The average molecular weight is 327 g/mol. The van der Waals surface area contributed by atoms with Gasteiger partial charge in [-0.1, -0.05) is 107 Å². The van der Waals surface area contributed by atoms with Crippen LogP contribution in [0.4, 0.5) is 0 Å². The summed E-state index contributed by atoms with van der Waals surface area (Å²) < 4.78 is 0. The Kier molecular flexibility index (Phi) is 7.76. The van der Waals surface area contributed by atoms with Crippen LogP contribution in [-0.2, 0) is 16.5 Å². The third kappa shape index (κ3) is 4.35. The molecule has 0 bridgehead atoms. The fourth-order valence-corrected chi connectivity index (χ4v) is 2.51. The van der Waals surface area contributed by atoms with Crippen molar-refractivity contribution in [1.29, 1.82) is 5.26 Å². The van der Waals surface area contributed by atoms with E-state index >= 15 is 0 Å². The largest absolute Gasteiger partial charge is 0.512 e. The minimum atomic E-state index is 0. The predicted molar refractivity (Wildman–Crippen MR) is 89.0 cm³/mol. The first-order valence-corrected chi connectivity index (χ1v) is 6.82. The molecular weight excluding hydrogens is 312 g/mol. The SMILES string of the molecule is [C-]#N.[Ni].c1ccc(B(c2ccccc2)c2ccccc2)cc1. The molecule has 22 heavy (non-hydrogen) atoms. The van der Waals surface area contributed by atoms with E-state index < -0.39 is 0 Å². The average Bonchev–Trinajstić information content (AvgIpc) is 2.60. The third-order valence-electron chi connectivity index (χ3n) is 3.40. The maximum absolute atomic E-state index is 6.25. The van der Waals surface area contributed by atoms with Crippen molar-refractivity contribution in [3.63, 3.8) is 0 Å². The van der Waals surface area contributed by atoms with Crippen LogP contribution in [0.5, 0.6) is 0 Å². The van der Waals surface area contributed by atoms with Gasteiger partial charge < -0.3 is 11.8 Å². The van der Waals surface area contributed by atoms with Crippen molar-refractivity contribution >= 4 is 23.1 Å². The summed E-state index contributed by atoms with van der Waals surface area (Å²) in [5.41, 5.74) is 4.00. The number of benzene rings is 3. The minimum absolute atomic E-state index is 0. The van der Waals surface area contributed by atoms with Crippen molar-refractivity contribution in [2.75, 3.05) is 0 Å². The quantitative estimate of drug-likeness (QED) is 0.535. The summed E-state index contributed by atoms with van der Waals surface area (Å²) in [6.45, 7) is 5.06.